The lowest BCUT2D eigenvalue weighted by Crippen LogP contribution is -2.62. The summed E-state index contributed by atoms with van der Waals surface area (Å²) >= 11 is 0. The van der Waals surface area contributed by atoms with Gasteiger partial charge in [-0.1, -0.05) is 37.3 Å². The van der Waals surface area contributed by atoms with Crippen molar-refractivity contribution in [2.75, 3.05) is 26.2 Å². The van der Waals surface area contributed by atoms with Crippen LogP contribution in [0, 0.1) is 16.2 Å². The Morgan fingerprint density at radius 2 is 1.83 bits per heavy atom. The Morgan fingerprint density at radius 1 is 1.04 bits per heavy atom. The third-order valence-electron chi connectivity index (χ3n) is 14.6. The monoisotopic (exact) mass is 656 g/mol. The molecule has 2 aromatic rings. The van der Waals surface area contributed by atoms with Crippen molar-refractivity contribution in [3.63, 3.8) is 0 Å². The number of alkyl halides is 2. The Bertz CT molecular complexity index is 1770. The molecular formula is C40H50F2N4O2. The largest absolute Gasteiger partial charge is 0.513 e. The summed E-state index contributed by atoms with van der Waals surface area (Å²) in [5, 5.41) is 11.7. The number of rotatable bonds is 6. The molecule has 0 bridgehead atoms. The standard InChI is InChI=1S/C40H50F2N4O2/c1-4-38-15-7-20-44-22-18-39(36(38)44)23-31(45(25-47)33(39)13-17-38)29(12-11-26(2)48)32-24-40(37(3,41)42)16-8-19-43-21-14-28-27-9-5-6-10-30(27)46(32)34(28)35(40)43/h5-6,9-12,23,25,32-33,35-36,48H,4,7-8,13-22,24H2,1-3H3/b26-11+,29-12+. The fourth-order valence-corrected chi connectivity index (χ4v) is 12.8. The smallest absolute Gasteiger partial charge is 0.252 e. The minimum absolute atomic E-state index is 0.0544. The molecule has 4 fully saturated rings. The number of hydrogen-bond donors (Lipinski definition) is 1. The average Bonchev–Trinajstić information content (AvgIpc) is 3.74. The molecule has 1 spiro atoms. The molecule has 3 saturated heterocycles. The number of aliphatic hydroxyl groups is 1. The highest BCUT2D eigenvalue weighted by molar-refractivity contribution is 5.87. The van der Waals surface area contributed by atoms with Crippen molar-refractivity contribution in [2.45, 2.75) is 115 Å². The van der Waals surface area contributed by atoms with Crippen molar-refractivity contribution in [1.82, 2.24) is 19.3 Å². The first-order valence-corrected chi connectivity index (χ1v) is 18.6. The fraction of sp³-hybridized carbons (Fsp3) is 0.625. The Hall–Kier alpha value is -2.97. The van der Waals surface area contributed by atoms with Crippen LogP contribution in [-0.2, 0) is 11.2 Å². The quantitative estimate of drug-likeness (QED) is 0.194. The number of benzene rings is 1. The van der Waals surface area contributed by atoms with E-state index < -0.39 is 17.4 Å². The second-order valence-corrected chi connectivity index (χ2v) is 16.5. The van der Waals surface area contributed by atoms with Gasteiger partial charge in [0.2, 0.25) is 6.41 Å². The van der Waals surface area contributed by atoms with E-state index in [9.17, 15) is 9.90 Å². The van der Waals surface area contributed by atoms with Gasteiger partial charge >= 0.3 is 0 Å². The van der Waals surface area contributed by atoms with Crippen LogP contribution >= 0.6 is 0 Å². The number of nitrogens with zero attached hydrogens (tertiary/aromatic N) is 4. The summed E-state index contributed by atoms with van der Waals surface area (Å²) in [4.78, 5) is 20.4. The van der Waals surface area contributed by atoms with Gasteiger partial charge in [-0.2, -0.15) is 0 Å². The van der Waals surface area contributed by atoms with Gasteiger partial charge in [0.25, 0.3) is 5.92 Å². The molecule has 1 saturated carbocycles. The van der Waals surface area contributed by atoms with Crippen molar-refractivity contribution in [1.29, 1.82) is 0 Å². The maximum atomic E-state index is 16.5. The van der Waals surface area contributed by atoms with Crippen LogP contribution in [0.4, 0.5) is 8.78 Å². The second kappa shape index (κ2) is 10.5. The van der Waals surface area contributed by atoms with E-state index in [-0.39, 0.29) is 35.1 Å². The topological polar surface area (TPSA) is 52.0 Å². The van der Waals surface area contributed by atoms with Crippen LogP contribution in [0.5, 0.6) is 0 Å². The van der Waals surface area contributed by atoms with Crippen LogP contribution in [0.2, 0.25) is 0 Å². The molecule has 1 aliphatic carbocycles. The lowest BCUT2D eigenvalue weighted by molar-refractivity contribution is -0.186. The number of carbonyl (C=O) groups is 1. The molecule has 6 aliphatic heterocycles. The van der Waals surface area contributed by atoms with Crippen LogP contribution in [-0.4, -0.2) is 75.0 Å². The molecule has 1 amide bonds. The number of carbonyl (C=O) groups excluding carboxylic acids is 1. The minimum Gasteiger partial charge on any atom is -0.513 e. The molecule has 1 aromatic heterocycles. The van der Waals surface area contributed by atoms with Gasteiger partial charge in [-0.3, -0.25) is 14.6 Å². The predicted octanol–water partition coefficient (Wildman–Crippen LogP) is 8.08. The molecule has 0 radical (unpaired) electrons. The number of aromatic nitrogens is 1. The minimum atomic E-state index is -2.91. The summed E-state index contributed by atoms with van der Waals surface area (Å²) in [5.41, 5.74) is 3.93. The first-order valence-electron chi connectivity index (χ1n) is 18.6. The summed E-state index contributed by atoms with van der Waals surface area (Å²) in [6.07, 6.45) is 16.2. The highest BCUT2D eigenvalue weighted by Crippen LogP contribution is 2.67. The van der Waals surface area contributed by atoms with Gasteiger partial charge in [0.1, 0.15) is 0 Å². The van der Waals surface area contributed by atoms with E-state index in [0.717, 1.165) is 106 Å². The number of para-hydroxylation sites is 1. The van der Waals surface area contributed by atoms with Crippen LogP contribution in [0.3, 0.4) is 0 Å². The molecule has 7 aliphatic rings. The summed E-state index contributed by atoms with van der Waals surface area (Å²) in [6.45, 7) is 8.95. The van der Waals surface area contributed by atoms with Crippen LogP contribution in [0.1, 0.15) is 102 Å². The lowest BCUT2D eigenvalue weighted by atomic mass is 9.53. The summed E-state index contributed by atoms with van der Waals surface area (Å²) in [5.74, 6) is -2.75. The Morgan fingerprint density at radius 3 is 2.60 bits per heavy atom. The average molecular weight is 657 g/mol. The summed E-state index contributed by atoms with van der Waals surface area (Å²) in [7, 11) is 0. The second-order valence-electron chi connectivity index (χ2n) is 16.5. The number of hydrogen-bond acceptors (Lipinski definition) is 4. The Labute approximate surface area is 283 Å². The van der Waals surface area contributed by atoms with Gasteiger partial charge in [-0.05, 0) is 126 Å². The SMILES string of the molecule is CCC12CCCN3CCC4(C=C(/C(=C\C=C(/C)O)C5CC6(C(C)(F)F)CCCN7CCc8c(n5c5ccccc85)C76)N(C=O)C4CC1)C32. The maximum absolute atomic E-state index is 16.5. The summed E-state index contributed by atoms with van der Waals surface area (Å²) in [6, 6.07) is 8.11. The zero-order valence-electron chi connectivity index (χ0n) is 28.7. The first kappa shape index (κ1) is 31.0. The lowest BCUT2D eigenvalue weighted by Gasteiger charge is -2.59. The number of allylic oxidation sites excluding steroid dienone is 4. The van der Waals surface area contributed by atoms with Crippen LogP contribution in [0.25, 0.3) is 10.9 Å². The van der Waals surface area contributed by atoms with E-state index in [4.69, 9.17) is 0 Å². The third-order valence-corrected chi connectivity index (χ3v) is 14.6. The van der Waals surface area contributed by atoms with Gasteiger partial charge < -0.3 is 14.6 Å². The summed E-state index contributed by atoms with van der Waals surface area (Å²) < 4.78 is 35.4. The van der Waals surface area contributed by atoms with Crippen molar-refractivity contribution in [3.8, 4) is 0 Å². The van der Waals surface area contributed by atoms with E-state index in [1.165, 1.54) is 18.4 Å². The van der Waals surface area contributed by atoms with E-state index in [2.05, 4.69) is 51.6 Å². The number of aliphatic hydroxyl groups excluding tert-OH is 1. The number of fused-ring (bicyclic) bond motifs is 3. The van der Waals surface area contributed by atoms with Gasteiger partial charge in [0, 0.05) is 46.3 Å². The molecule has 48 heavy (non-hydrogen) atoms. The molecule has 256 valence electrons. The van der Waals surface area contributed by atoms with Crippen molar-refractivity contribution in [3.05, 3.63) is 70.8 Å². The van der Waals surface area contributed by atoms with Gasteiger partial charge in [-0.15, -0.1) is 0 Å². The number of halogens is 2. The molecule has 7 atom stereocenters. The van der Waals surface area contributed by atoms with E-state index in [0.29, 0.717) is 12.5 Å². The van der Waals surface area contributed by atoms with Crippen LogP contribution < -0.4 is 0 Å². The van der Waals surface area contributed by atoms with Crippen molar-refractivity contribution in [2.24, 2.45) is 16.2 Å². The zero-order chi connectivity index (χ0) is 33.2. The fourth-order valence-electron chi connectivity index (χ4n) is 12.8. The van der Waals surface area contributed by atoms with E-state index in [1.807, 2.05) is 11.0 Å². The normalized spacial score (nSPS) is 38.1. The third kappa shape index (κ3) is 3.88. The van der Waals surface area contributed by atoms with E-state index >= 15 is 8.78 Å². The number of piperidine rings is 2. The molecule has 8 heteroatoms. The Balaban J connectivity index is 1.30. The first-order chi connectivity index (χ1) is 23.1. The molecule has 1 aromatic carbocycles. The van der Waals surface area contributed by atoms with Gasteiger partial charge in [-0.25, -0.2) is 8.78 Å². The van der Waals surface area contributed by atoms with Gasteiger partial charge in [0.05, 0.1) is 23.3 Å². The molecule has 7 heterocycles. The highest BCUT2D eigenvalue weighted by atomic mass is 19.3. The maximum Gasteiger partial charge on any atom is 0.252 e. The molecular weight excluding hydrogens is 606 g/mol. The Kier molecular flexibility index (Phi) is 6.80. The van der Waals surface area contributed by atoms with Crippen LogP contribution in [0.15, 0.2) is 59.5 Å². The van der Waals surface area contributed by atoms with Gasteiger partial charge in [0.15, 0.2) is 0 Å². The molecule has 9 rings (SSSR count). The zero-order valence-corrected chi connectivity index (χ0v) is 28.7. The molecule has 7 unspecified atom stereocenters. The number of amides is 1. The predicted molar refractivity (Wildman–Crippen MR) is 184 cm³/mol. The van der Waals surface area contributed by atoms with Crippen molar-refractivity contribution >= 4 is 17.3 Å². The van der Waals surface area contributed by atoms with E-state index in [1.54, 1.807) is 13.0 Å². The molecule has 1 N–H and O–H groups in total. The highest BCUT2D eigenvalue weighted by Gasteiger charge is 2.67. The molecule has 6 nitrogen and oxygen atoms in total. The van der Waals surface area contributed by atoms with Crippen molar-refractivity contribution < 1.29 is 18.7 Å².